The van der Waals surface area contributed by atoms with E-state index in [0.29, 0.717) is 17.8 Å². The Morgan fingerprint density at radius 2 is 2.06 bits per heavy atom. The van der Waals surface area contributed by atoms with Crippen LogP contribution in [-0.2, 0) is 11.2 Å². The van der Waals surface area contributed by atoms with Crippen molar-refractivity contribution in [3.63, 3.8) is 0 Å². The predicted molar refractivity (Wildman–Crippen MR) is 70.4 cm³/mol. The summed E-state index contributed by atoms with van der Waals surface area (Å²) < 4.78 is 5.75. The van der Waals surface area contributed by atoms with Gasteiger partial charge < -0.3 is 4.74 Å². The normalized spacial score (nSPS) is 20.5. The molecule has 0 bridgehead atoms. The fraction of sp³-hybridized carbons (Fsp3) is 0.667. The number of hydrogen-bond acceptors (Lipinski definition) is 2. The average Bonchev–Trinajstić information content (AvgIpc) is 2.50. The van der Waals surface area contributed by atoms with Crippen LogP contribution in [0.25, 0.3) is 0 Å². The quantitative estimate of drug-likeness (QED) is 0.779. The largest absolute Gasteiger partial charge is 0.380 e. The van der Waals surface area contributed by atoms with Crippen molar-refractivity contribution in [2.24, 2.45) is 5.92 Å². The molecule has 17 heavy (non-hydrogen) atoms. The topological polar surface area (TPSA) is 22.1 Å². The Balaban J connectivity index is 2.52. The molecule has 0 spiro atoms. The van der Waals surface area contributed by atoms with Crippen molar-refractivity contribution in [3.8, 4) is 0 Å². The zero-order valence-corrected chi connectivity index (χ0v) is 11.4. The Morgan fingerprint density at radius 3 is 2.71 bits per heavy atom. The van der Waals surface area contributed by atoms with Gasteiger partial charge in [0.1, 0.15) is 0 Å². The van der Waals surface area contributed by atoms with Crippen molar-refractivity contribution in [2.45, 2.75) is 46.0 Å². The van der Waals surface area contributed by atoms with Crippen molar-refractivity contribution in [1.82, 2.24) is 4.98 Å². The average molecular weight is 233 g/mol. The number of ether oxygens (including phenoxy) is 1. The van der Waals surface area contributed by atoms with Crippen LogP contribution in [0.2, 0.25) is 0 Å². The number of hydrogen-bond donors (Lipinski definition) is 0. The molecule has 94 valence electrons. The molecule has 2 heteroatoms. The van der Waals surface area contributed by atoms with Gasteiger partial charge in [0.25, 0.3) is 0 Å². The predicted octanol–water partition coefficient (Wildman–Crippen LogP) is 3.52. The molecule has 2 rings (SSSR count). The molecular weight excluding hydrogens is 210 g/mol. The standard InChI is InChI=1S/C15H23NO/c1-10(2)12-5-7-16-14-6-8-17-9-13(11(3)4)15(12)14/h5,7,10-11,13H,6,8-9H2,1-4H3. The van der Waals surface area contributed by atoms with Crippen LogP contribution >= 0.6 is 0 Å². The molecule has 1 aliphatic rings. The SMILES string of the molecule is CC(C)c1ccnc2c1C(C(C)C)COCC2. The third-order valence-corrected chi connectivity index (χ3v) is 3.68. The molecule has 0 saturated carbocycles. The fourth-order valence-corrected chi connectivity index (χ4v) is 2.65. The highest BCUT2D eigenvalue weighted by molar-refractivity contribution is 5.37. The molecule has 1 aromatic rings. The smallest absolute Gasteiger partial charge is 0.0538 e. The molecule has 1 aliphatic heterocycles. The number of fused-ring (bicyclic) bond motifs is 1. The van der Waals surface area contributed by atoms with Gasteiger partial charge in [-0.2, -0.15) is 0 Å². The van der Waals surface area contributed by atoms with Crippen molar-refractivity contribution in [3.05, 3.63) is 29.1 Å². The third-order valence-electron chi connectivity index (χ3n) is 3.68. The summed E-state index contributed by atoms with van der Waals surface area (Å²) in [6.07, 6.45) is 2.91. The number of nitrogens with zero attached hydrogens (tertiary/aromatic N) is 1. The van der Waals surface area contributed by atoms with Crippen molar-refractivity contribution >= 4 is 0 Å². The van der Waals surface area contributed by atoms with Gasteiger partial charge in [0.15, 0.2) is 0 Å². The zero-order chi connectivity index (χ0) is 12.4. The van der Waals surface area contributed by atoms with Gasteiger partial charge >= 0.3 is 0 Å². The van der Waals surface area contributed by atoms with Gasteiger partial charge in [-0.25, -0.2) is 0 Å². The molecule has 0 fully saturated rings. The lowest BCUT2D eigenvalue weighted by molar-refractivity contribution is 0.118. The van der Waals surface area contributed by atoms with Crippen LogP contribution in [-0.4, -0.2) is 18.2 Å². The molecule has 0 amide bonds. The highest BCUT2D eigenvalue weighted by atomic mass is 16.5. The van der Waals surface area contributed by atoms with Crippen LogP contribution in [0.5, 0.6) is 0 Å². The number of aromatic nitrogens is 1. The molecule has 0 saturated heterocycles. The van der Waals surface area contributed by atoms with E-state index in [4.69, 9.17) is 4.74 Å². The molecule has 2 heterocycles. The van der Waals surface area contributed by atoms with Gasteiger partial charge in [-0.15, -0.1) is 0 Å². The second kappa shape index (κ2) is 5.18. The van der Waals surface area contributed by atoms with Crippen LogP contribution < -0.4 is 0 Å². The van der Waals surface area contributed by atoms with E-state index in [1.54, 1.807) is 0 Å². The van der Waals surface area contributed by atoms with E-state index in [2.05, 4.69) is 38.7 Å². The number of pyridine rings is 1. The van der Waals surface area contributed by atoms with Crippen molar-refractivity contribution in [2.75, 3.05) is 13.2 Å². The second-order valence-corrected chi connectivity index (χ2v) is 5.59. The Morgan fingerprint density at radius 1 is 1.29 bits per heavy atom. The lowest BCUT2D eigenvalue weighted by Gasteiger charge is -2.24. The van der Waals surface area contributed by atoms with Gasteiger partial charge in [0.05, 0.1) is 13.2 Å². The van der Waals surface area contributed by atoms with Crippen LogP contribution in [0.3, 0.4) is 0 Å². The maximum absolute atomic E-state index is 5.75. The molecule has 0 N–H and O–H groups in total. The van der Waals surface area contributed by atoms with Gasteiger partial charge in [-0.3, -0.25) is 4.98 Å². The first kappa shape index (κ1) is 12.6. The first-order valence-corrected chi connectivity index (χ1v) is 6.66. The summed E-state index contributed by atoms with van der Waals surface area (Å²) in [4.78, 5) is 4.57. The van der Waals surface area contributed by atoms with E-state index in [0.717, 1.165) is 19.6 Å². The van der Waals surface area contributed by atoms with Gasteiger partial charge in [0.2, 0.25) is 0 Å². The Hall–Kier alpha value is -0.890. The van der Waals surface area contributed by atoms with Crippen molar-refractivity contribution in [1.29, 1.82) is 0 Å². The Bertz CT molecular complexity index is 385. The van der Waals surface area contributed by atoms with Crippen LogP contribution in [0.15, 0.2) is 12.3 Å². The molecule has 0 aromatic carbocycles. The van der Waals surface area contributed by atoms with Crippen LogP contribution in [0.4, 0.5) is 0 Å². The molecule has 2 nitrogen and oxygen atoms in total. The van der Waals surface area contributed by atoms with Gasteiger partial charge in [-0.1, -0.05) is 27.7 Å². The summed E-state index contributed by atoms with van der Waals surface area (Å²) in [5.74, 6) is 1.67. The minimum absolute atomic E-state index is 0.499. The molecule has 1 unspecified atom stereocenters. The summed E-state index contributed by atoms with van der Waals surface area (Å²) in [5, 5.41) is 0. The molecule has 1 aromatic heterocycles. The first-order chi connectivity index (χ1) is 8.11. The Kier molecular flexibility index (Phi) is 3.82. The lowest BCUT2D eigenvalue weighted by Crippen LogP contribution is -2.16. The zero-order valence-electron chi connectivity index (χ0n) is 11.4. The van der Waals surface area contributed by atoms with E-state index in [1.807, 2.05) is 6.20 Å². The van der Waals surface area contributed by atoms with E-state index < -0.39 is 0 Å². The monoisotopic (exact) mass is 233 g/mol. The maximum atomic E-state index is 5.75. The van der Waals surface area contributed by atoms with Gasteiger partial charge in [-0.05, 0) is 29.0 Å². The fourth-order valence-electron chi connectivity index (χ4n) is 2.65. The number of rotatable bonds is 2. The van der Waals surface area contributed by atoms with E-state index in [9.17, 15) is 0 Å². The molecule has 1 atom stereocenters. The highest BCUT2D eigenvalue weighted by Crippen LogP contribution is 2.35. The third kappa shape index (κ3) is 2.52. The summed E-state index contributed by atoms with van der Waals surface area (Å²) in [6, 6.07) is 2.18. The summed E-state index contributed by atoms with van der Waals surface area (Å²) >= 11 is 0. The molecule has 0 aliphatic carbocycles. The molecule has 0 radical (unpaired) electrons. The first-order valence-electron chi connectivity index (χ1n) is 6.66. The van der Waals surface area contributed by atoms with Crippen LogP contribution in [0.1, 0.15) is 56.4 Å². The minimum atomic E-state index is 0.499. The minimum Gasteiger partial charge on any atom is -0.380 e. The molecular formula is C15H23NO. The summed E-state index contributed by atoms with van der Waals surface area (Å²) in [7, 11) is 0. The van der Waals surface area contributed by atoms with E-state index >= 15 is 0 Å². The highest BCUT2D eigenvalue weighted by Gasteiger charge is 2.26. The van der Waals surface area contributed by atoms with Gasteiger partial charge in [0, 0.05) is 24.2 Å². The van der Waals surface area contributed by atoms with E-state index in [-0.39, 0.29) is 0 Å². The maximum Gasteiger partial charge on any atom is 0.0538 e. The summed E-state index contributed by atoms with van der Waals surface area (Å²) in [5.41, 5.74) is 4.18. The summed E-state index contributed by atoms with van der Waals surface area (Å²) in [6.45, 7) is 10.7. The second-order valence-electron chi connectivity index (χ2n) is 5.59. The van der Waals surface area contributed by atoms with Crippen molar-refractivity contribution < 1.29 is 4.74 Å². The van der Waals surface area contributed by atoms with Crippen LogP contribution in [0, 0.1) is 5.92 Å². The lowest BCUT2D eigenvalue weighted by atomic mass is 9.82. The Labute approximate surface area is 104 Å². The van der Waals surface area contributed by atoms with E-state index in [1.165, 1.54) is 16.8 Å².